The summed E-state index contributed by atoms with van der Waals surface area (Å²) in [6.07, 6.45) is -2.50. The zero-order chi connectivity index (χ0) is 14.7. The Hall–Kier alpha value is -1.32. The third-order valence-electron chi connectivity index (χ3n) is 2.55. The second-order valence-electron chi connectivity index (χ2n) is 4.10. The number of halogens is 2. The summed E-state index contributed by atoms with van der Waals surface area (Å²) < 4.78 is 29.3. The predicted octanol–water partition coefficient (Wildman–Crippen LogP) is 2.22. The maximum Gasteiger partial charge on any atom is 0.255 e. The lowest BCUT2D eigenvalue weighted by Gasteiger charge is -2.22. The first-order chi connectivity index (χ1) is 9.52. The first-order valence-electron chi connectivity index (χ1n) is 5.84. The van der Waals surface area contributed by atoms with Crippen molar-refractivity contribution in [3.8, 4) is 10.6 Å². The molecule has 0 amide bonds. The molecule has 110 valence electrons. The number of aliphatic hydroxyl groups excluding tert-OH is 1. The molecule has 0 saturated heterocycles. The van der Waals surface area contributed by atoms with Crippen molar-refractivity contribution in [1.82, 2.24) is 9.36 Å². The molecule has 20 heavy (non-hydrogen) atoms. The lowest BCUT2D eigenvalue weighted by molar-refractivity contribution is 0.153. The Bertz CT molecular complexity index is 573. The molecule has 0 bridgehead atoms. The highest BCUT2D eigenvalue weighted by molar-refractivity contribution is 7.15. The number of anilines is 2. The zero-order valence-electron chi connectivity index (χ0n) is 10.7. The number of nitrogens with zero attached hydrogens (tertiary/aromatic N) is 3. The van der Waals surface area contributed by atoms with Crippen molar-refractivity contribution >= 4 is 33.7 Å². The fraction of sp³-hybridized carbons (Fsp3) is 0.455. The van der Waals surface area contributed by atoms with Crippen LogP contribution in [0.15, 0.2) is 5.38 Å². The van der Waals surface area contributed by atoms with Crippen molar-refractivity contribution in [2.45, 2.75) is 13.3 Å². The van der Waals surface area contributed by atoms with Gasteiger partial charge in [-0.2, -0.15) is 4.37 Å². The molecule has 9 heteroatoms. The quantitative estimate of drug-likeness (QED) is 0.853. The summed E-state index contributed by atoms with van der Waals surface area (Å²) >= 11 is 2.43. The third kappa shape index (κ3) is 3.22. The summed E-state index contributed by atoms with van der Waals surface area (Å²) in [6.45, 7) is 1.25. The van der Waals surface area contributed by atoms with Crippen molar-refractivity contribution in [2.75, 3.05) is 30.3 Å². The molecule has 2 heterocycles. The minimum absolute atomic E-state index is 0.101. The number of thiazole rings is 1. The second-order valence-corrected chi connectivity index (χ2v) is 5.71. The number of nitrogens with two attached hydrogens (primary N) is 1. The van der Waals surface area contributed by atoms with Gasteiger partial charge in [-0.25, -0.2) is 13.8 Å². The van der Waals surface area contributed by atoms with E-state index in [2.05, 4.69) is 9.36 Å². The van der Waals surface area contributed by atoms with Gasteiger partial charge in [-0.3, -0.25) is 0 Å². The first kappa shape index (κ1) is 15.1. The molecule has 0 aliphatic heterocycles. The Balaban J connectivity index is 2.40. The Morgan fingerprint density at radius 2 is 2.25 bits per heavy atom. The molecular weight excluding hydrogens is 306 g/mol. The minimum atomic E-state index is -2.50. The number of hydrogen-bond donors (Lipinski definition) is 2. The summed E-state index contributed by atoms with van der Waals surface area (Å²) in [5, 5.41) is 12.1. The van der Waals surface area contributed by atoms with E-state index in [-0.39, 0.29) is 19.0 Å². The van der Waals surface area contributed by atoms with Crippen molar-refractivity contribution in [3.05, 3.63) is 11.1 Å². The fourth-order valence-corrected chi connectivity index (χ4v) is 3.51. The van der Waals surface area contributed by atoms with Gasteiger partial charge in [0.1, 0.15) is 15.8 Å². The summed E-state index contributed by atoms with van der Waals surface area (Å²) in [7, 11) is 0. The molecule has 3 N–H and O–H groups in total. The summed E-state index contributed by atoms with van der Waals surface area (Å²) in [6, 6.07) is 0. The average Bonchev–Trinajstić information content (AvgIpc) is 2.94. The highest BCUT2D eigenvalue weighted by Gasteiger charge is 2.23. The number of aryl methyl sites for hydroxylation is 1. The molecule has 2 aromatic heterocycles. The van der Waals surface area contributed by atoms with Gasteiger partial charge in [0.05, 0.1) is 18.7 Å². The molecule has 5 nitrogen and oxygen atoms in total. The maximum absolute atomic E-state index is 12.7. The van der Waals surface area contributed by atoms with E-state index in [1.54, 1.807) is 0 Å². The van der Waals surface area contributed by atoms with Crippen molar-refractivity contribution in [1.29, 1.82) is 0 Å². The second kappa shape index (κ2) is 6.42. The standard InChI is InChI=1S/C11H14F2N4OS2/c1-6-5-19-10(15-6)8-9(14)16-20-11(8)17(2-3-18)4-7(12)13/h5,7,18H,2-4H2,1H3,(H2,14,16). The largest absolute Gasteiger partial charge is 0.395 e. The molecule has 2 aromatic rings. The van der Waals surface area contributed by atoms with Gasteiger partial charge < -0.3 is 15.7 Å². The Kier molecular flexibility index (Phi) is 4.84. The van der Waals surface area contributed by atoms with E-state index in [1.165, 1.54) is 16.2 Å². The number of nitrogen functional groups attached to an aromatic ring is 1. The van der Waals surface area contributed by atoms with Crippen LogP contribution in [-0.2, 0) is 0 Å². The number of alkyl halides is 2. The molecule has 0 fully saturated rings. The van der Waals surface area contributed by atoms with Gasteiger partial charge in [0.2, 0.25) is 0 Å². The van der Waals surface area contributed by atoms with Crippen molar-refractivity contribution in [2.24, 2.45) is 0 Å². The number of hydrogen-bond acceptors (Lipinski definition) is 7. The van der Waals surface area contributed by atoms with E-state index in [9.17, 15) is 8.78 Å². The minimum Gasteiger partial charge on any atom is -0.395 e. The van der Waals surface area contributed by atoms with E-state index in [0.29, 0.717) is 15.6 Å². The van der Waals surface area contributed by atoms with Crippen LogP contribution in [0.1, 0.15) is 5.69 Å². The molecule has 0 aliphatic carbocycles. The molecule has 0 saturated carbocycles. The molecule has 0 spiro atoms. The van der Waals surface area contributed by atoms with Crippen LogP contribution in [0, 0.1) is 6.92 Å². The van der Waals surface area contributed by atoms with E-state index < -0.39 is 13.0 Å². The Morgan fingerprint density at radius 3 is 2.80 bits per heavy atom. The first-order valence-corrected chi connectivity index (χ1v) is 7.49. The number of rotatable bonds is 6. The van der Waals surface area contributed by atoms with Crippen LogP contribution in [0.3, 0.4) is 0 Å². The van der Waals surface area contributed by atoms with E-state index in [4.69, 9.17) is 10.8 Å². The van der Waals surface area contributed by atoms with Crippen molar-refractivity contribution < 1.29 is 13.9 Å². The summed E-state index contributed by atoms with van der Waals surface area (Å²) in [5.41, 5.74) is 7.25. The van der Waals surface area contributed by atoms with Crippen LogP contribution in [0.2, 0.25) is 0 Å². The van der Waals surface area contributed by atoms with Crippen LogP contribution in [0.5, 0.6) is 0 Å². The highest BCUT2D eigenvalue weighted by Crippen LogP contribution is 2.40. The van der Waals surface area contributed by atoms with Gasteiger partial charge in [0.25, 0.3) is 6.43 Å². The summed E-state index contributed by atoms with van der Waals surface area (Å²) in [5.74, 6) is 0.275. The van der Waals surface area contributed by atoms with Gasteiger partial charge in [-0.05, 0) is 18.5 Å². The monoisotopic (exact) mass is 320 g/mol. The van der Waals surface area contributed by atoms with E-state index in [0.717, 1.165) is 17.2 Å². The molecule has 0 aromatic carbocycles. The molecule has 0 radical (unpaired) electrons. The molecule has 0 unspecified atom stereocenters. The van der Waals surface area contributed by atoms with Gasteiger partial charge >= 0.3 is 0 Å². The maximum atomic E-state index is 12.7. The summed E-state index contributed by atoms with van der Waals surface area (Å²) in [4.78, 5) is 5.72. The number of aromatic nitrogens is 2. The van der Waals surface area contributed by atoms with Crippen LogP contribution in [0.4, 0.5) is 19.6 Å². The molecule has 2 rings (SSSR count). The molecule has 0 aliphatic rings. The van der Waals surface area contributed by atoms with Crippen LogP contribution in [0.25, 0.3) is 10.6 Å². The zero-order valence-corrected chi connectivity index (χ0v) is 12.3. The average molecular weight is 320 g/mol. The predicted molar refractivity (Wildman–Crippen MR) is 77.7 cm³/mol. The van der Waals surface area contributed by atoms with Crippen LogP contribution < -0.4 is 10.6 Å². The number of aliphatic hydroxyl groups is 1. The lowest BCUT2D eigenvalue weighted by atomic mass is 10.3. The smallest absolute Gasteiger partial charge is 0.255 e. The normalized spacial score (nSPS) is 11.2. The fourth-order valence-electron chi connectivity index (χ4n) is 1.74. The van der Waals surface area contributed by atoms with E-state index >= 15 is 0 Å². The molecular formula is C11H14F2N4OS2. The van der Waals surface area contributed by atoms with Gasteiger partial charge in [0, 0.05) is 17.6 Å². The van der Waals surface area contributed by atoms with Gasteiger partial charge in [-0.15, -0.1) is 11.3 Å². The highest BCUT2D eigenvalue weighted by atomic mass is 32.1. The van der Waals surface area contributed by atoms with Gasteiger partial charge in [-0.1, -0.05) is 0 Å². The SMILES string of the molecule is Cc1csc(-c2c(N)nsc2N(CCO)CC(F)F)n1. The Morgan fingerprint density at radius 1 is 1.50 bits per heavy atom. The van der Waals surface area contributed by atoms with Crippen LogP contribution >= 0.6 is 22.9 Å². The van der Waals surface area contributed by atoms with Crippen molar-refractivity contribution in [3.63, 3.8) is 0 Å². The Labute approximate surface area is 122 Å². The topological polar surface area (TPSA) is 75.3 Å². The van der Waals surface area contributed by atoms with Crippen LogP contribution in [-0.4, -0.2) is 40.6 Å². The molecule has 0 atom stereocenters. The third-order valence-corrected chi connectivity index (χ3v) is 4.45. The van der Waals surface area contributed by atoms with Gasteiger partial charge in [0.15, 0.2) is 0 Å². The van der Waals surface area contributed by atoms with E-state index in [1.807, 2.05) is 12.3 Å². The lowest BCUT2D eigenvalue weighted by Crippen LogP contribution is -2.31.